The van der Waals surface area contributed by atoms with Crippen molar-refractivity contribution in [3.05, 3.63) is 70.4 Å². The number of hydrogen-bond acceptors (Lipinski definition) is 6. The third-order valence-corrected chi connectivity index (χ3v) is 6.08. The van der Waals surface area contributed by atoms with E-state index < -0.39 is 0 Å². The molecule has 0 radical (unpaired) electrons. The zero-order chi connectivity index (χ0) is 18.8. The quantitative estimate of drug-likeness (QED) is 0.694. The summed E-state index contributed by atoms with van der Waals surface area (Å²) >= 11 is 1.58. The van der Waals surface area contributed by atoms with Crippen molar-refractivity contribution in [1.82, 2.24) is 9.97 Å². The van der Waals surface area contributed by atoms with Gasteiger partial charge in [-0.15, -0.1) is 11.3 Å². The number of benzene rings is 1. The Labute approximate surface area is 162 Å². The van der Waals surface area contributed by atoms with E-state index in [1.54, 1.807) is 29.7 Å². The number of ketones is 1. The molecule has 1 atom stereocenters. The zero-order valence-corrected chi connectivity index (χ0v) is 16.1. The van der Waals surface area contributed by atoms with Gasteiger partial charge in [0.05, 0.1) is 5.56 Å². The Morgan fingerprint density at radius 1 is 1.22 bits per heavy atom. The third-order valence-electron chi connectivity index (χ3n) is 5.05. The van der Waals surface area contributed by atoms with Crippen LogP contribution in [0.5, 0.6) is 0 Å². The van der Waals surface area contributed by atoms with Crippen molar-refractivity contribution in [1.29, 1.82) is 0 Å². The van der Waals surface area contributed by atoms with E-state index in [-0.39, 0.29) is 11.6 Å². The first kappa shape index (κ1) is 17.7. The lowest BCUT2D eigenvalue weighted by atomic mass is 9.91. The number of thiazole rings is 1. The van der Waals surface area contributed by atoms with Crippen molar-refractivity contribution in [2.75, 3.05) is 23.7 Å². The molecule has 2 aromatic heterocycles. The van der Waals surface area contributed by atoms with Crippen LogP contribution in [0.4, 0.5) is 10.9 Å². The number of nitrogens with two attached hydrogens (primary N) is 1. The molecule has 1 aliphatic heterocycles. The molecule has 1 aromatic carbocycles. The maximum Gasteiger partial charge on any atom is 0.216 e. The van der Waals surface area contributed by atoms with Crippen molar-refractivity contribution in [2.24, 2.45) is 0 Å². The van der Waals surface area contributed by atoms with Crippen LogP contribution in [0, 0.1) is 6.92 Å². The molecule has 1 saturated heterocycles. The van der Waals surface area contributed by atoms with E-state index in [2.05, 4.69) is 40.2 Å². The van der Waals surface area contributed by atoms with Crippen molar-refractivity contribution >= 4 is 28.1 Å². The van der Waals surface area contributed by atoms with Crippen LogP contribution in [0.3, 0.4) is 0 Å². The summed E-state index contributed by atoms with van der Waals surface area (Å²) in [6.45, 7) is 3.85. The van der Waals surface area contributed by atoms with Gasteiger partial charge in [-0.1, -0.05) is 30.3 Å². The van der Waals surface area contributed by atoms with Crippen molar-refractivity contribution < 1.29 is 4.79 Å². The monoisotopic (exact) mass is 378 g/mol. The Balaban J connectivity index is 1.58. The Kier molecular flexibility index (Phi) is 4.90. The highest BCUT2D eigenvalue weighted by atomic mass is 32.1. The zero-order valence-electron chi connectivity index (χ0n) is 15.3. The van der Waals surface area contributed by atoms with Gasteiger partial charge in [-0.05, 0) is 37.5 Å². The molecule has 138 valence electrons. The number of pyridine rings is 1. The van der Waals surface area contributed by atoms with Crippen LogP contribution in [0.2, 0.25) is 0 Å². The molecule has 3 heterocycles. The second kappa shape index (κ2) is 7.48. The number of anilines is 2. The largest absolute Gasteiger partial charge is 0.383 e. The van der Waals surface area contributed by atoms with Crippen molar-refractivity contribution in [2.45, 2.75) is 25.7 Å². The molecular weight excluding hydrogens is 356 g/mol. The summed E-state index contributed by atoms with van der Waals surface area (Å²) in [6, 6.07) is 14.1. The van der Waals surface area contributed by atoms with Crippen molar-refractivity contribution in [3.63, 3.8) is 0 Å². The molecule has 1 aliphatic rings. The predicted octanol–water partition coefficient (Wildman–Crippen LogP) is 4.04. The molecule has 1 fully saturated rings. The summed E-state index contributed by atoms with van der Waals surface area (Å²) < 4.78 is 0. The molecule has 3 aromatic rings. The molecule has 0 bridgehead atoms. The Hall–Kier alpha value is -2.73. The molecule has 0 saturated carbocycles. The maximum absolute atomic E-state index is 12.9. The minimum absolute atomic E-state index is 0.155. The number of nitrogens with zero attached hydrogens (tertiary/aromatic N) is 3. The molecule has 5 nitrogen and oxygen atoms in total. The maximum atomic E-state index is 12.9. The molecule has 2 N–H and O–H groups in total. The van der Waals surface area contributed by atoms with Crippen LogP contribution in [0.15, 0.2) is 48.7 Å². The Morgan fingerprint density at radius 2 is 2.04 bits per heavy atom. The SMILES string of the molecule is Cc1sc(N2CCCC(c3ccccc3)C2)nc1C(=O)c1cccnc1N. The van der Waals surface area contributed by atoms with Gasteiger partial charge in [0.1, 0.15) is 11.5 Å². The highest BCUT2D eigenvalue weighted by Gasteiger charge is 2.26. The lowest BCUT2D eigenvalue weighted by Crippen LogP contribution is -2.34. The molecule has 1 unspecified atom stereocenters. The van der Waals surface area contributed by atoms with Crippen LogP contribution >= 0.6 is 11.3 Å². The normalized spacial score (nSPS) is 17.1. The summed E-state index contributed by atoms with van der Waals surface area (Å²) in [5.41, 5.74) is 8.14. The Bertz CT molecular complexity index is 954. The first-order valence-corrected chi connectivity index (χ1v) is 9.97. The molecule has 6 heteroatoms. The lowest BCUT2D eigenvalue weighted by molar-refractivity contribution is 0.103. The van der Waals surface area contributed by atoms with Crippen LogP contribution in [0.1, 0.15) is 45.3 Å². The first-order chi connectivity index (χ1) is 13.1. The standard InChI is InChI=1S/C21H22N4OS/c1-14-18(19(26)17-10-5-11-23-20(17)22)24-21(27-14)25-12-6-9-16(13-25)15-7-3-2-4-8-15/h2-5,7-8,10-11,16H,6,9,12-13H2,1H3,(H2,22,23). The molecule has 0 spiro atoms. The molecule has 0 aliphatic carbocycles. The minimum Gasteiger partial charge on any atom is -0.383 e. The van der Waals surface area contributed by atoms with Gasteiger partial charge in [0, 0.05) is 30.1 Å². The minimum atomic E-state index is -0.155. The smallest absolute Gasteiger partial charge is 0.216 e. The highest BCUT2D eigenvalue weighted by molar-refractivity contribution is 7.15. The number of aryl methyl sites for hydroxylation is 1. The van der Waals surface area contributed by atoms with Gasteiger partial charge in [0.25, 0.3) is 0 Å². The van der Waals surface area contributed by atoms with E-state index in [1.165, 1.54) is 12.0 Å². The second-order valence-electron chi connectivity index (χ2n) is 6.86. The molecule has 27 heavy (non-hydrogen) atoms. The second-order valence-corrected chi connectivity index (χ2v) is 8.04. The van der Waals surface area contributed by atoms with Gasteiger partial charge < -0.3 is 10.6 Å². The topological polar surface area (TPSA) is 72.1 Å². The number of carbonyl (C=O) groups excluding carboxylic acids is 1. The summed E-state index contributed by atoms with van der Waals surface area (Å²) in [5.74, 6) is 0.591. The van der Waals surface area contributed by atoms with Gasteiger partial charge in [0.2, 0.25) is 5.78 Å². The molecular formula is C21H22N4OS. The van der Waals surface area contributed by atoms with E-state index in [1.807, 2.05) is 6.92 Å². The fraction of sp³-hybridized carbons (Fsp3) is 0.286. The first-order valence-electron chi connectivity index (χ1n) is 9.16. The number of aromatic nitrogens is 2. The van der Waals surface area contributed by atoms with E-state index in [0.29, 0.717) is 17.2 Å². The molecule has 4 rings (SSSR count). The van der Waals surface area contributed by atoms with Crippen molar-refractivity contribution in [3.8, 4) is 0 Å². The summed E-state index contributed by atoms with van der Waals surface area (Å²) in [6.07, 6.45) is 3.89. The average molecular weight is 379 g/mol. The third kappa shape index (κ3) is 3.57. The Morgan fingerprint density at radius 3 is 2.81 bits per heavy atom. The predicted molar refractivity (Wildman–Crippen MR) is 110 cm³/mol. The number of carbonyl (C=O) groups is 1. The van der Waals surface area contributed by atoms with Crippen LogP contribution in [0.25, 0.3) is 0 Å². The fourth-order valence-electron chi connectivity index (χ4n) is 3.61. The number of nitrogen functional groups attached to an aromatic ring is 1. The number of rotatable bonds is 4. The molecule has 0 amide bonds. The van der Waals surface area contributed by atoms with Gasteiger partial charge in [0.15, 0.2) is 5.13 Å². The van der Waals surface area contributed by atoms with Crippen LogP contribution in [-0.2, 0) is 0 Å². The highest BCUT2D eigenvalue weighted by Crippen LogP contribution is 2.34. The van der Waals surface area contributed by atoms with Gasteiger partial charge in [-0.2, -0.15) is 0 Å². The number of piperidine rings is 1. The summed E-state index contributed by atoms with van der Waals surface area (Å²) in [5, 5.41) is 0.916. The van der Waals surface area contributed by atoms with Gasteiger partial charge in [-0.25, -0.2) is 9.97 Å². The average Bonchev–Trinajstić information content (AvgIpc) is 3.10. The lowest BCUT2D eigenvalue weighted by Gasteiger charge is -2.32. The van der Waals surface area contributed by atoms with E-state index in [0.717, 1.165) is 29.5 Å². The van der Waals surface area contributed by atoms with E-state index in [4.69, 9.17) is 10.7 Å². The summed E-state index contributed by atoms with van der Waals surface area (Å²) in [4.78, 5) is 24.8. The van der Waals surface area contributed by atoms with E-state index in [9.17, 15) is 4.79 Å². The van der Waals surface area contributed by atoms with Crippen LogP contribution < -0.4 is 10.6 Å². The summed E-state index contributed by atoms with van der Waals surface area (Å²) in [7, 11) is 0. The van der Waals surface area contributed by atoms with Gasteiger partial charge >= 0.3 is 0 Å². The van der Waals surface area contributed by atoms with Crippen LogP contribution in [-0.4, -0.2) is 28.8 Å². The van der Waals surface area contributed by atoms with E-state index >= 15 is 0 Å². The number of hydrogen-bond donors (Lipinski definition) is 1. The van der Waals surface area contributed by atoms with Gasteiger partial charge in [-0.3, -0.25) is 4.79 Å². The fourth-order valence-corrected chi connectivity index (χ4v) is 4.55.